The van der Waals surface area contributed by atoms with Crippen LogP contribution in [0.4, 0.5) is 0 Å². The van der Waals surface area contributed by atoms with Gasteiger partial charge in [0.05, 0.1) is 0 Å². The lowest BCUT2D eigenvalue weighted by atomic mass is 9.86. The van der Waals surface area contributed by atoms with E-state index in [1.54, 1.807) is 0 Å². The Labute approximate surface area is 144 Å². The first-order valence-corrected chi connectivity index (χ1v) is 7.49. The highest BCUT2D eigenvalue weighted by Crippen LogP contribution is 2.30. The Kier molecular flexibility index (Phi) is 7.79. The summed E-state index contributed by atoms with van der Waals surface area (Å²) in [5.74, 6) is -0.225. The van der Waals surface area contributed by atoms with E-state index in [0.717, 1.165) is 11.1 Å². The van der Waals surface area contributed by atoms with Gasteiger partial charge in [-0.3, -0.25) is 4.79 Å². The van der Waals surface area contributed by atoms with E-state index in [4.69, 9.17) is 4.74 Å². The molecule has 0 radical (unpaired) electrons. The lowest BCUT2D eigenvalue weighted by Crippen LogP contribution is -2.35. The number of hydrogen-bond acceptors (Lipinski definition) is 3. The minimum Gasteiger partial charge on any atom is -0.460 e. The molecule has 0 spiro atoms. The Hall–Kier alpha value is -1.84. The van der Waals surface area contributed by atoms with Crippen LogP contribution < -0.4 is 0 Å². The van der Waals surface area contributed by atoms with Crippen LogP contribution >= 0.6 is 12.4 Å². The van der Waals surface area contributed by atoms with Crippen molar-refractivity contribution < 1.29 is 9.53 Å². The minimum atomic E-state index is -0.247. The molecular formula is C19H24ClNO2. The van der Waals surface area contributed by atoms with E-state index in [1.807, 2.05) is 55.4 Å². The molecule has 0 bridgehead atoms. The van der Waals surface area contributed by atoms with Crippen LogP contribution in [0.1, 0.15) is 24.0 Å². The van der Waals surface area contributed by atoms with Crippen molar-refractivity contribution in [3.63, 3.8) is 0 Å². The maximum atomic E-state index is 11.6. The monoisotopic (exact) mass is 333 g/mol. The fraction of sp³-hybridized carbons (Fsp3) is 0.316. The van der Waals surface area contributed by atoms with E-state index in [0.29, 0.717) is 6.54 Å². The molecule has 0 saturated carbocycles. The van der Waals surface area contributed by atoms with Crippen LogP contribution in [0.2, 0.25) is 0 Å². The third kappa shape index (κ3) is 5.70. The molecule has 0 aliphatic rings. The van der Waals surface area contributed by atoms with Crippen molar-refractivity contribution in [1.82, 2.24) is 4.90 Å². The largest absolute Gasteiger partial charge is 0.460 e. The van der Waals surface area contributed by atoms with Gasteiger partial charge >= 0.3 is 5.97 Å². The quantitative estimate of drug-likeness (QED) is 0.754. The van der Waals surface area contributed by atoms with Crippen molar-refractivity contribution in [2.45, 2.75) is 18.9 Å². The SMILES string of the molecule is CC(=O)OC(CN(C)C)C(c1ccccc1)c1ccccc1.Cl. The highest BCUT2D eigenvalue weighted by Gasteiger charge is 2.28. The fourth-order valence-corrected chi connectivity index (χ4v) is 2.73. The average Bonchev–Trinajstić information content (AvgIpc) is 2.48. The first kappa shape index (κ1) is 19.2. The number of likely N-dealkylation sites (N-methyl/N-ethyl adjacent to an activating group) is 1. The zero-order chi connectivity index (χ0) is 15.9. The summed E-state index contributed by atoms with van der Waals surface area (Å²) in [7, 11) is 3.98. The molecule has 124 valence electrons. The van der Waals surface area contributed by atoms with Gasteiger partial charge in [-0.15, -0.1) is 12.4 Å². The van der Waals surface area contributed by atoms with Gasteiger partial charge in [-0.1, -0.05) is 60.7 Å². The Balaban J connectivity index is 0.00000264. The van der Waals surface area contributed by atoms with Gasteiger partial charge in [-0.25, -0.2) is 0 Å². The molecule has 0 aliphatic carbocycles. The van der Waals surface area contributed by atoms with Gasteiger partial charge in [0.2, 0.25) is 0 Å². The molecule has 0 fully saturated rings. The molecule has 23 heavy (non-hydrogen) atoms. The molecule has 0 aliphatic heterocycles. The summed E-state index contributed by atoms with van der Waals surface area (Å²) in [5.41, 5.74) is 2.31. The highest BCUT2D eigenvalue weighted by atomic mass is 35.5. The van der Waals surface area contributed by atoms with E-state index in [9.17, 15) is 4.79 Å². The second kappa shape index (κ2) is 9.33. The molecule has 2 aromatic carbocycles. The predicted octanol–water partition coefficient (Wildman–Crippen LogP) is 3.73. The number of carbonyl (C=O) groups excluding carboxylic acids is 1. The maximum absolute atomic E-state index is 11.6. The molecule has 0 amide bonds. The predicted molar refractivity (Wildman–Crippen MR) is 96.1 cm³/mol. The zero-order valence-corrected chi connectivity index (χ0v) is 14.6. The van der Waals surface area contributed by atoms with E-state index in [1.165, 1.54) is 6.92 Å². The van der Waals surface area contributed by atoms with Gasteiger partial charge in [0.1, 0.15) is 6.10 Å². The van der Waals surface area contributed by atoms with Crippen LogP contribution in [0.15, 0.2) is 60.7 Å². The van der Waals surface area contributed by atoms with E-state index >= 15 is 0 Å². The van der Waals surface area contributed by atoms with Gasteiger partial charge in [0, 0.05) is 19.4 Å². The second-order valence-corrected chi connectivity index (χ2v) is 5.71. The number of nitrogens with zero attached hydrogens (tertiary/aromatic N) is 1. The first-order chi connectivity index (χ1) is 10.6. The van der Waals surface area contributed by atoms with Gasteiger partial charge in [0.15, 0.2) is 0 Å². The molecule has 2 rings (SSSR count). The Bertz CT molecular complexity index is 547. The van der Waals surface area contributed by atoms with Crippen LogP contribution in [0.25, 0.3) is 0 Å². The molecule has 0 N–H and O–H groups in total. The maximum Gasteiger partial charge on any atom is 0.302 e. The van der Waals surface area contributed by atoms with Gasteiger partial charge in [-0.2, -0.15) is 0 Å². The molecule has 0 heterocycles. The topological polar surface area (TPSA) is 29.5 Å². The van der Waals surface area contributed by atoms with Gasteiger partial charge < -0.3 is 9.64 Å². The lowest BCUT2D eigenvalue weighted by molar-refractivity contribution is -0.147. The first-order valence-electron chi connectivity index (χ1n) is 7.49. The normalized spacial score (nSPS) is 11.9. The summed E-state index contributed by atoms with van der Waals surface area (Å²) in [6, 6.07) is 20.4. The number of carbonyl (C=O) groups is 1. The summed E-state index contributed by atoms with van der Waals surface area (Å²) in [5, 5.41) is 0. The molecule has 4 heteroatoms. The van der Waals surface area contributed by atoms with Crippen molar-refractivity contribution in [2.24, 2.45) is 0 Å². The third-order valence-electron chi connectivity index (χ3n) is 3.55. The van der Waals surface area contributed by atoms with Crippen LogP contribution in [0.3, 0.4) is 0 Å². The summed E-state index contributed by atoms with van der Waals surface area (Å²) in [6.07, 6.45) is -0.225. The van der Waals surface area contributed by atoms with Crippen LogP contribution in [-0.2, 0) is 9.53 Å². The summed E-state index contributed by atoms with van der Waals surface area (Å²) in [6.45, 7) is 2.14. The van der Waals surface area contributed by atoms with Gasteiger partial charge in [0.25, 0.3) is 0 Å². The van der Waals surface area contributed by atoms with Crippen molar-refractivity contribution in [3.8, 4) is 0 Å². The van der Waals surface area contributed by atoms with E-state index in [2.05, 4.69) is 24.3 Å². The van der Waals surface area contributed by atoms with Crippen molar-refractivity contribution in [2.75, 3.05) is 20.6 Å². The van der Waals surface area contributed by atoms with Crippen molar-refractivity contribution in [3.05, 3.63) is 71.8 Å². The molecule has 0 saturated heterocycles. The Morgan fingerprint density at radius 3 is 1.74 bits per heavy atom. The number of benzene rings is 2. The minimum absolute atomic E-state index is 0. The summed E-state index contributed by atoms with van der Waals surface area (Å²) < 4.78 is 5.65. The third-order valence-corrected chi connectivity index (χ3v) is 3.55. The number of esters is 1. The number of rotatable bonds is 6. The van der Waals surface area contributed by atoms with Gasteiger partial charge in [-0.05, 0) is 25.2 Å². The molecule has 1 unspecified atom stereocenters. The van der Waals surface area contributed by atoms with Crippen molar-refractivity contribution in [1.29, 1.82) is 0 Å². The number of halogens is 1. The van der Waals surface area contributed by atoms with E-state index in [-0.39, 0.29) is 30.4 Å². The molecular weight excluding hydrogens is 310 g/mol. The molecule has 3 nitrogen and oxygen atoms in total. The molecule has 1 atom stereocenters. The average molecular weight is 334 g/mol. The Morgan fingerprint density at radius 2 is 1.39 bits per heavy atom. The van der Waals surface area contributed by atoms with Crippen LogP contribution in [0.5, 0.6) is 0 Å². The zero-order valence-electron chi connectivity index (χ0n) is 13.8. The summed E-state index contributed by atoms with van der Waals surface area (Å²) >= 11 is 0. The number of ether oxygens (including phenoxy) is 1. The standard InChI is InChI=1S/C19H23NO2.ClH/c1-15(21)22-18(14-20(2)3)19(16-10-6-4-7-11-16)17-12-8-5-9-13-17;/h4-13,18-19H,14H2,1-3H3;1H. The van der Waals surface area contributed by atoms with Crippen molar-refractivity contribution >= 4 is 18.4 Å². The smallest absolute Gasteiger partial charge is 0.302 e. The Morgan fingerprint density at radius 1 is 0.957 bits per heavy atom. The molecule has 0 aromatic heterocycles. The van der Waals surface area contributed by atoms with Crippen LogP contribution in [0, 0.1) is 0 Å². The fourth-order valence-electron chi connectivity index (χ4n) is 2.73. The van der Waals surface area contributed by atoms with Crippen LogP contribution in [-0.4, -0.2) is 37.6 Å². The number of hydrogen-bond donors (Lipinski definition) is 0. The lowest BCUT2D eigenvalue weighted by Gasteiger charge is -2.29. The highest BCUT2D eigenvalue weighted by molar-refractivity contribution is 5.85. The van der Waals surface area contributed by atoms with E-state index < -0.39 is 0 Å². The second-order valence-electron chi connectivity index (χ2n) is 5.71. The summed E-state index contributed by atoms with van der Waals surface area (Å²) in [4.78, 5) is 13.6. The molecule has 2 aromatic rings.